The highest BCUT2D eigenvalue weighted by Crippen LogP contribution is 2.32. The van der Waals surface area contributed by atoms with Crippen LogP contribution in [0, 0.1) is 11.8 Å². The summed E-state index contributed by atoms with van der Waals surface area (Å²) in [6.07, 6.45) is 1.14. The average molecular weight is 282 g/mol. The fourth-order valence-electron chi connectivity index (χ4n) is 2.56. The number of piperidine rings is 1. The van der Waals surface area contributed by atoms with Crippen molar-refractivity contribution in [3.8, 4) is 0 Å². The summed E-state index contributed by atoms with van der Waals surface area (Å²) in [4.78, 5) is 2.27. The van der Waals surface area contributed by atoms with Gasteiger partial charge in [-0.3, -0.25) is 0 Å². The van der Waals surface area contributed by atoms with Crippen LogP contribution in [-0.4, -0.2) is 24.1 Å². The predicted octanol–water partition coefficient (Wildman–Crippen LogP) is 2.92. The van der Waals surface area contributed by atoms with E-state index in [1.807, 2.05) is 12.1 Å². The Balaban J connectivity index is 2.37. The highest BCUT2D eigenvalue weighted by molar-refractivity contribution is 6.34. The van der Waals surface area contributed by atoms with Crippen molar-refractivity contribution in [3.63, 3.8) is 0 Å². The summed E-state index contributed by atoms with van der Waals surface area (Å²) < 4.78 is 0. The summed E-state index contributed by atoms with van der Waals surface area (Å²) >= 11 is 6.19. The van der Waals surface area contributed by atoms with Crippen LogP contribution in [0.1, 0.15) is 25.8 Å². The number of hydrogen-bond acceptors (Lipinski definition) is 3. The molecule has 0 aliphatic carbocycles. The Morgan fingerprint density at radius 3 is 2.79 bits per heavy atom. The number of halogens is 1. The van der Waals surface area contributed by atoms with Gasteiger partial charge in [0.15, 0.2) is 5.84 Å². The Labute approximate surface area is 118 Å². The zero-order valence-corrected chi connectivity index (χ0v) is 12.1. The summed E-state index contributed by atoms with van der Waals surface area (Å²) in [6, 6.07) is 5.63. The van der Waals surface area contributed by atoms with Crippen LogP contribution in [0.5, 0.6) is 0 Å². The molecule has 0 saturated carbocycles. The minimum Gasteiger partial charge on any atom is -0.409 e. The SMILES string of the molecule is CC1CCN(c2cccc(Cl)c2/C(N)=N/O)CC1C. The van der Waals surface area contributed by atoms with E-state index in [9.17, 15) is 0 Å². The maximum absolute atomic E-state index is 8.92. The maximum Gasteiger partial charge on any atom is 0.173 e. The van der Waals surface area contributed by atoms with Gasteiger partial charge in [-0.25, -0.2) is 0 Å². The number of anilines is 1. The van der Waals surface area contributed by atoms with Crippen molar-refractivity contribution < 1.29 is 5.21 Å². The van der Waals surface area contributed by atoms with Crippen molar-refractivity contribution >= 4 is 23.1 Å². The van der Waals surface area contributed by atoms with E-state index < -0.39 is 0 Å². The molecule has 0 bridgehead atoms. The molecule has 0 radical (unpaired) electrons. The second-order valence-electron chi connectivity index (χ2n) is 5.31. The van der Waals surface area contributed by atoms with E-state index in [1.165, 1.54) is 0 Å². The van der Waals surface area contributed by atoms with Gasteiger partial charge in [-0.15, -0.1) is 0 Å². The molecule has 0 amide bonds. The normalized spacial score (nSPS) is 24.6. The van der Waals surface area contributed by atoms with Crippen molar-refractivity contribution in [1.29, 1.82) is 0 Å². The van der Waals surface area contributed by atoms with Crippen LogP contribution in [0.15, 0.2) is 23.4 Å². The van der Waals surface area contributed by atoms with Gasteiger partial charge in [0.2, 0.25) is 0 Å². The Kier molecular flexibility index (Phi) is 4.20. The molecule has 1 aromatic rings. The molecule has 5 heteroatoms. The molecule has 1 saturated heterocycles. The zero-order chi connectivity index (χ0) is 14.0. The van der Waals surface area contributed by atoms with Gasteiger partial charge in [0.1, 0.15) is 0 Å². The highest BCUT2D eigenvalue weighted by atomic mass is 35.5. The number of nitrogens with two attached hydrogens (primary N) is 1. The smallest absolute Gasteiger partial charge is 0.173 e. The van der Waals surface area contributed by atoms with Crippen LogP contribution < -0.4 is 10.6 Å². The summed E-state index contributed by atoms with van der Waals surface area (Å²) in [5, 5.41) is 12.5. The van der Waals surface area contributed by atoms with E-state index in [4.69, 9.17) is 22.5 Å². The van der Waals surface area contributed by atoms with Gasteiger partial charge >= 0.3 is 0 Å². The molecule has 2 rings (SSSR count). The quantitative estimate of drug-likeness (QED) is 0.379. The van der Waals surface area contributed by atoms with Crippen molar-refractivity contribution in [2.75, 3.05) is 18.0 Å². The van der Waals surface area contributed by atoms with Crippen molar-refractivity contribution in [1.82, 2.24) is 0 Å². The number of benzene rings is 1. The molecule has 0 aromatic heterocycles. The molecular weight excluding hydrogens is 262 g/mol. The van der Waals surface area contributed by atoms with Gasteiger partial charge in [0.25, 0.3) is 0 Å². The number of hydrogen-bond donors (Lipinski definition) is 2. The standard InChI is InChI=1S/C14H20ClN3O/c1-9-6-7-18(8-10(9)2)12-5-3-4-11(15)13(12)14(16)17-19/h3-5,9-10,19H,6-8H2,1-2H3,(H2,16,17). The van der Waals surface area contributed by atoms with Crippen LogP contribution in [-0.2, 0) is 0 Å². The van der Waals surface area contributed by atoms with E-state index in [0.717, 1.165) is 31.1 Å². The minimum absolute atomic E-state index is 0.0619. The molecule has 1 heterocycles. The van der Waals surface area contributed by atoms with E-state index in [2.05, 4.69) is 23.9 Å². The van der Waals surface area contributed by atoms with E-state index in [1.54, 1.807) is 6.07 Å². The zero-order valence-electron chi connectivity index (χ0n) is 11.3. The fourth-order valence-corrected chi connectivity index (χ4v) is 2.83. The van der Waals surface area contributed by atoms with Crippen LogP contribution >= 0.6 is 11.6 Å². The first kappa shape index (κ1) is 14.0. The fraction of sp³-hybridized carbons (Fsp3) is 0.500. The van der Waals surface area contributed by atoms with E-state index in [-0.39, 0.29) is 5.84 Å². The molecular formula is C14H20ClN3O. The highest BCUT2D eigenvalue weighted by Gasteiger charge is 2.25. The number of amidine groups is 1. The largest absolute Gasteiger partial charge is 0.409 e. The van der Waals surface area contributed by atoms with E-state index in [0.29, 0.717) is 16.5 Å². The lowest BCUT2D eigenvalue weighted by Crippen LogP contribution is -2.39. The Hall–Kier alpha value is -1.42. The minimum atomic E-state index is 0.0619. The van der Waals surface area contributed by atoms with Crippen LogP contribution in [0.25, 0.3) is 0 Å². The molecule has 104 valence electrons. The predicted molar refractivity (Wildman–Crippen MR) is 79.1 cm³/mol. The van der Waals surface area contributed by atoms with Crippen LogP contribution in [0.3, 0.4) is 0 Å². The lowest BCUT2D eigenvalue weighted by Gasteiger charge is -2.37. The van der Waals surface area contributed by atoms with Gasteiger partial charge < -0.3 is 15.8 Å². The van der Waals surface area contributed by atoms with Gasteiger partial charge in [-0.1, -0.05) is 36.7 Å². The first-order valence-electron chi connectivity index (χ1n) is 6.56. The lowest BCUT2D eigenvalue weighted by atomic mass is 9.88. The molecule has 2 atom stereocenters. The van der Waals surface area contributed by atoms with Crippen molar-refractivity contribution in [2.45, 2.75) is 20.3 Å². The molecule has 3 N–H and O–H groups in total. The van der Waals surface area contributed by atoms with Gasteiger partial charge in [0.05, 0.1) is 10.6 Å². The summed E-state index contributed by atoms with van der Waals surface area (Å²) in [5.41, 5.74) is 7.32. The maximum atomic E-state index is 8.92. The van der Waals surface area contributed by atoms with Crippen LogP contribution in [0.2, 0.25) is 5.02 Å². The van der Waals surface area contributed by atoms with Gasteiger partial charge in [-0.2, -0.15) is 0 Å². The van der Waals surface area contributed by atoms with Crippen molar-refractivity contribution in [3.05, 3.63) is 28.8 Å². The number of oxime groups is 1. The molecule has 19 heavy (non-hydrogen) atoms. The van der Waals surface area contributed by atoms with Crippen molar-refractivity contribution in [2.24, 2.45) is 22.7 Å². The van der Waals surface area contributed by atoms with Gasteiger partial charge in [-0.05, 0) is 30.4 Å². The average Bonchev–Trinajstić information content (AvgIpc) is 2.41. The number of nitrogens with zero attached hydrogens (tertiary/aromatic N) is 2. The molecule has 1 aromatic carbocycles. The van der Waals surface area contributed by atoms with E-state index >= 15 is 0 Å². The third kappa shape index (κ3) is 2.78. The summed E-state index contributed by atoms with van der Waals surface area (Å²) in [6.45, 7) is 6.47. The summed E-state index contributed by atoms with van der Waals surface area (Å²) in [7, 11) is 0. The first-order chi connectivity index (χ1) is 9.04. The van der Waals surface area contributed by atoms with Crippen LogP contribution in [0.4, 0.5) is 5.69 Å². The Bertz CT molecular complexity index is 490. The molecule has 1 aliphatic heterocycles. The number of rotatable bonds is 2. The molecule has 1 fully saturated rings. The summed E-state index contributed by atoms with van der Waals surface area (Å²) in [5.74, 6) is 1.41. The molecule has 1 aliphatic rings. The molecule has 0 spiro atoms. The Morgan fingerprint density at radius 2 is 2.16 bits per heavy atom. The third-order valence-corrected chi connectivity index (χ3v) is 4.35. The topological polar surface area (TPSA) is 61.8 Å². The second kappa shape index (κ2) is 5.70. The van der Waals surface area contributed by atoms with Gasteiger partial charge in [0, 0.05) is 18.8 Å². The molecule has 4 nitrogen and oxygen atoms in total. The second-order valence-corrected chi connectivity index (χ2v) is 5.72. The monoisotopic (exact) mass is 281 g/mol. The molecule has 2 unspecified atom stereocenters. The first-order valence-corrected chi connectivity index (χ1v) is 6.93. The third-order valence-electron chi connectivity index (χ3n) is 4.03. The Morgan fingerprint density at radius 1 is 1.42 bits per heavy atom. The lowest BCUT2D eigenvalue weighted by molar-refractivity contribution is 0.318.